The lowest BCUT2D eigenvalue weighted by Gasteiger charge is -2.36. The van der Waals surface area contributed by atoms with Crippen LogP contribution in [0, 0.1) is 17.0 Å². The van der Waals surface area contributed by atoms with E-state index in [4.69, 9.17) is 0 Å². The van der Waals surface area contributed by atoms with Crippen LogP contribution in [0.2, 0.25) is 0 Å². The van der Waals surface area contributed by atoms with Crippen molar-refractivity contribution in [2.24, 2.45) is 5.41 Å². The van der Waals surface area contributed by atoms with Crippen molar-refractivity contribution in [3.8, 4) is 0 Å². The highest BCUT2D eigenvalue weighted by molar-refractivity contribution is 7.99. The van der Waals surface area contributed by atoms with Gasteiger partial charge < -0.3 is 5.32 Å². The predicted molar refractivity (Wildman–Crippen MR) is 77.4 cm³/mol. The number of hydrogen-bond donors (Lipinski definition) is 1. The van der Waals surface area contributed by atoms with Crippen molar-refractivity contribution >= 4 is 11.8 Å². The van der Waals surface area contributed by atoms with Gasteiger partial charge in [0.2, 0.25) is 0 Å². The van der Waals surface area contributed by atoms with E-state index >= 15 is 0 Å². The lowest BCUT2D eigenvalue weighted by molar-refractivity contribution is 0.304. The molecule has 2 atom stereocenters. The minimum atomic E-state index is -0.787. The second kappa shape index (κ2) is 5.80. The number of nitrogens with one attached hydrogen (secondary N) is 1. The molecule has 0 aromatic heterocycles. The first-order valence-electron chi connectivity index (χ1n) is 6.66. The summed E-state index contributed by atoms with van der Waals surface area (Å²) in [5.41, 5.74) is 1.14. The molecule has 0 spiro atoms. The van der Waals surface area contributed by atoms with Crippen LogP contribution in [0.4, 0.5) is 8.78 Å². The number of benzene rings is 1. The first-order chi connectivity index (χ1) is 8.87. The van der Waals surface area contributed by atoms with E-state index in [1.807, 2.05) is 18.7 Å². The Morgan fingerprint density at radius 1 is 1.32 bits per heavy atom. The van der Waals surface area contributed by atoms with Gasteiger partial charge in [-0.3, -0.25) is 0 Å². The van der Waals surface area contributed by atoms with E-state index < -0.39 is 11.6 Å². The smallest absolute Gasteiger partial charge is 0.159 e. The Morgan fingerprint density at radius 2 is 2.05 bits per heavy atom. The van der Waals surface area contributed by atoms with E-state index in [-0.39, 0.29) is 6.04 Å². The molecule has 0 amide bonds. The Hall–Kier alpha value is -0.610. The average Bonchev–Trinajstić information content (AvgIpc) is 2.31. The molecule has 1 nitrogen and oxygen atoms in total. The van der Waals surface area contributed by atoms with Crippen molar-refractivity contribution in [2.75, 3.05) is 11.5 Å². The Labute approximate surface area is 118 Å². The Bertz CT molecular complexity index is 448. The van der Waals surface area contributed by atoms with Crippen molar-refractivity contribution in [1.82, 2.24) is 5.32 Å². The summed E-state index contributed by atoms with van der Waals surface area (Å²) in [6, 6.07) is 4.60. The molecular formula is C15H21F2NS. The largest absolute Gasteiger partial charge is 0.307 e. The fraction of sp³-hybridized carbons (Fsp3) is 0.600. The molecule has 0 bridgehead atoms. The van der Waals surface area contributed by atoms with Gasteiger partial charge in [-0.1, -0.05) is 19.9 Å². The zero-order valence-electron chi connectivity index (χ0n) is 11.7. The van der Waals surface area contributed by atoms with Gasteiger partial charge in [-0.2, -0.15) is 11.8 Å². The summed E-state index contributed by atoms with van der Waals surface area (Å²) in [4.78, 5) is 0. The molecule has 1 fully saturated rings. The van der Waals surface area contributed by atoms with Crippen LogP contribution >= 0.6 is 11.8 Å². The zero-order chi connectivity index (χ0) is 14.0. The van der Waals surface area contributed by atoms with Crippen LogP contribution in [-0.2, 0) is 0 Å². The minimum absolute atomic E-state index is 0.0367. The van der Waals surface area contributed by atoms with Crippen LogP contribution in [0.5, 0.6) is 0 Å². The number of thioether (sulfide) groups is 1. The summed E-state index contributed by atoms with van der Waals surface area (Å²) < 4.78 is 26.2. The first kappa shape index (κ1) is 14.8. The summed E-state index contributed by atoms with van der Waals surface area (Å²) in [5.74, 6) is 0.706. The van der Waals surface area contributed by atoms with E-state index in [1.54, 1.807) is 6.07 Å². The summed E-state index contributed by atoms with van der Waals surface area (Å²) in [6.45, 7) is 6.55. The van der Waals surface area contributed by atoms with E-state index in [1.165, 1.54) is 17.9 Å². The van der Waals surface area contributed by atoms with Crippen LogP contribution in [0.1, 0.15) is 38.8 Å². The Morgan fingerprint density at radius 3 is 2.68 bits per heavy atom. The Kier molecular flexibility index (Phi) is 4.51. The molecule has 4 heteroatoms. The topological polar surface area (TPSA) is 12.0 Å². The number of halogens is 2. The average molecular weight is 285 g/mol. The second-order valence-electron chi connectivity index (χ2n) is 6.14. The molecule has 0 aliphatic carbocycles. The SMILES string of the molecule is CC(NC1CSCC(C)(C)C1)c1ccc(F)c(F)c1. The van der Waals surface area contributed by atoms with Crippen molar-refractivity contribution < 1.29 is 8.78 Å². The third-order valence-electron chi connectivity index (χ3n) is 3.54. The maximum atomic E-state index is 13.2. The monoisotopic (exact) mass is 285 g/mol. The van der Waals surface area contributed by atoms with Crippen molar-refractivity contribution in [3.05, 3.63) is 35.4 Å². The molecular weight excluding hydrogens is 264 g/mol. The number of rotatable bonds is 3. The molecule has 2 unspecified atom stereocenters. The van der Waals surface area contributed by atoms with Gasteiger partial charge in [0.25, 0.3) is 0 Å². The second-order valence-corrected chi connectivity index (χ2v) is 7.17. The maximum absolute atomic E-state index is 13.2. The summed E-state index contributed by atoms with van der Waals surface area (Å²) in [7, 11) is 0. The van der Waals surface area contributed by atoms with Crippen molar-refractivity contribution in [2.45, 2.75) is 39.3 Å². The van der Waals surface area contributed by atoms with Crippen LogP contribution in [0.25, 0.3) is 0 Å². The first-order valence-corrected chi connectivity index (χ1v) is 7.82. The highest BCUT2D eigenvalue weighted by Gasteiger charge is 2.29. The van der Waals surface area contributed by atoms with E-state index in [0.29, 0.717) is 11.5 Å². The van der Waals surface area contributed by atoms with Gasteiger partial charge in [0.1, 0.15) is 0 Å². The molecule has 1 aromatic carbocycles. The lowest BCUT2D eigenvalue weighted by atomic mass is 9.87. The van der Waals surface area contributed by atoms with Gasteiger partial charge >= 0.3 is 0 Å². The predicted octanol–water partition coefficient (Wildman–Crippen LogP) is 4.15. The van der Waals surface area contributed by atoms with Gasteiger partial charge in [-0.05, 0) is 42.2 Å². The molecule has 19 heavy (non-hydrogen) atoms. The van der Waals surface area contributed by atoms with E-state index in [2.05, 4.69) is 19.2 Å². The highest BCUT2D eigenvalue weighted by Crippen LogP contribution is 2.34. The minimum Gasteiger partial charge on any atom is -0.307 e. The van der Waals surface area contributed by atoms with Gasteiger partial charge in [0.05, 0.1) is 0 Å². The van der Waals surface area contributed by atoms with Crippen molar-refractivity contribution in [1.29, 1.82) is 0 Å². The zero-order valence-corrected chi connectivity index (χ0v) is 12.5. The summed E-state index contributed by atoms with van der Waals surface area (Å²) >= 11 is 1.96. The molecule has 0 saturated carbocycles. The van der Waals surface area contributed by atoms with Gasteiger partial charge in [0.15, 0.2) is 11.6 Å². The molecule has 1 aliphatic heterocycles. The molecule has 106 valence electrons. The van der Waals surface area contributed by atoms with Gasteiger partial charge in [0, 0.05) is 17.8 Å². The standard InChI is InChI=1S/C15H21F2NS/c1-10(11-4-5-13(16)14(17)6-11)18-12-7-15(2,3)9-19-8-12/h4-6,10,12,18H,7-9H2,1-3H3. The molecule has 2 rings (SSSR count). The molecule has 1 heterocycles. The van der Waals surface area contributed by atoms with Crippen LogP contribution in [-0.4, -0.2) is 17.5 Å². The van der Waals surface area contributed by atoms with Crippen LogP contribution < -0.4 is 5.32 Å². The van der Waals surface area contributed by atoms with Crippen LogP contribution in [0.15, 0.2) is 18.2 Å². The van der Waals surface area contributed by atoms with E-state index in [9.17, 15) is 8.78 Å². The normalized spacial score (nSPS) is 24.2. The Balaban J connectivity index is 2.00. The quantitative estimate of drug-likeness (QED) is 0.895. The maximum Gasteiger partial charge on any atom is 0.159 e. The molecule has 0 radical (unpaired) electrons. The number of hydrogen-bond acceptors (Lipinski definition) is 2. The molecule has 1 saturated heterocycles. The van der Waals surface area contributed by atoms with Gasteiger partial charge in [-0.15, -0.1) is 0 Å². The van der Waals surface area contributed by atoms with Crippen LogP contribution in [0.3, 0.4) is 0 Å². The fourth-order valence-electron chi connectivity index (χ4n) is 2.60. The summed E-state index contributed by atoms with van der Waals surface area (Å²) in [5, 5.41) is 3.53. The molecule has 1 aromatic rings. The highest BCUT2D eigenvalue weighted by atomic mass is 32.2. The van der Waals surface area contributed by atoms with Crippen molar-refractivity contribution in [3.63, 3.8) is 0 Å². The third-order valence-corrected chi connectivity index (χ3v) is 5.16. The van der Waals surface area contributed by atoms with E-state index in [0.717, 1.165) is 17.7 Å². The van der Waals surface area contributed by atoms with Gasteiger partial charge in [-0.25, -0.2) is 8.78 Å². The molecule has 1 N–H and O–H groups in total. The third kappa shape index (κ3) is 3.93. The fourth-order valence-corrected chi connectivity index (χ4v) is 3.89. The summed E-state index contributed by atoms with van der Waals surface area (Å²) in [6.07, 6.45) is 1.12. The molecule has 1 aliphatic rings. The lowest BCUT2D eigenvalue weighted by Crippen LogP contribution is -2.41.